The topological polar surface area (TPSA) is 56.8 Å². The summed E-state index contributed by atoms with van der Waals surface area (Å²) in [6, 6.07) is 5.53. The number of carbonyl (C=O) groups excluding carboxylic acids is 1. The number of rotatable bonds is 6. The van der Waals surface area contributed by atoms with Crippen LogP contribution in [-0.4, -0.2) is 32.8 Å². The fourth-order valence-electron chi connectivity index (χ4n) is 2.71. The van der Waals surface area contributed by atoms with Gasteiger partial charge < -0.3 is 19.5 Å². The predicted molar refractivity (Wildman–Crippen MR) is 84.7 cm³/mol. The van der Waals surface area contributed by atoms with Crippen LogP contribution in [0.1, 0.15) is 38.5 Å². The maximum Gasteiger partial charge on any atom is 0.258 e. The Balaban J connectivity index is 1.84. The Hall–Kier alpha value is -1.91. The van der Waals surface area contributed by atoms with Crippen molar-refractivity contribution in [1.29, 1.82) is 0 Å². The van der Waals surface area contributed by atoms with Crippen LogP contribution in [0.5, 0.6) is 17.2 Å². The van der Waals surface area contributed by atoms with Gasteiger partial charge in [0.15, 0.2) is 6.61 Å². The van der Waals surface area contributed by atoms with Crippen LogP contribution in [0.15, 0.2) is 18.2 Å². The smallest absolute Gasteiger partial charge is 0.258 e. The number of hydrogen-bond acceptors (Lipinski definition) is 4. The lowest BCUT2D eigenvalue weighted by Gasteiger charge is -2.16. The van der Waals surface area contributed by atoms with Crippen molar-refractivity contribution in [3.63, 3.8) is 0 Å². The average molecular weight is 307 g/mol. The minimum Gasteiger partial charge on any atom is -0.496 e. The standard InChI is InChI=1S/C17H25NO4/c1-20-14-9-15(21-2)11-16(10-14)22-12-17(19)18-13-7-5-3-4-6-8-13/h9-11,13H,3-8,12H2,1-2H3,(H,18,19). The lowest BCUT2D eigenvalue weighted by Crippen LogP contribution is -2.37. The van der Waals surface area contributed by atoms with Crippen molar-refractivity contribution < 1.29 is 19.0 Å². The van der Waals surface area contributed by atoms with E-state index in [-0.39, 0.29) is 12.5 Å². The van der Waals surface area contributed by atoms with Crippen LogP contribution in [0, 0.1) is 0 Å². The van der Waals surface area contributed by atoms with E-state index in [1.54, 1.807) is 32.4 Å². The highest BCUT2D eigenvalue weighted by molar-refractivity contribution is 5.77. The Kier molecular flexibility index (Phi) is 6.37. The van der Waals surface area contributed by atoms with Crippen LogP contribution in [0.25, 0.3) is 0 Å². The van der Waals surface area contributed by atoms with E-state index < -0.39 is 0 Å². The molecule has 0 heterocycles. The van der Waals surface area contributed by atoms with Crippen LogP contribution >= 0.6 is 0 Å². The Morgan fingerprint density at radius 1 is 1.00 bits per heavy atom. The van der Waals surface area contributed by atoms with Crippen molar-refractivity contribution in [3.05, 3.63) is 18.2 Å². The molecular weight excluding hydrogens is 282 g/mol. The van der Waals surface area contributed by atoms with Crippen molar-refractivity contribution >= 4 is 5.91 Å². The lowest BCUT2D eigenvalue weighted by molar-refractivity contribution is -0.123. The van der Waals surface area contributed by atoms with Gasteiger partial charge in [0.1, 0.15) is 17.2 Å². The van der Waals surface area contributed by atoms with E-state index in [9.17, 15) is 4.79 Å². The van der Waals surface area contributed by atoms with Gasteiger partial charge in [-0.2, -0.15) is 0 Å². The van der Waals surface area contributed by atoms with Crippen LogP contribution in [-0.2, 0) is 4.79 Å². The molecule has 1 fully saturated rings. The first-order valence-electron chi connectivity index (χ1n) is 7.86. The molecule has 122 valence electrons. The van der Waals surface area contributed by atoms with Gasteiger partial charge in [-0.1, -0.05) is 25.7 Å². The molecule has 1 N–H and O–H groups in total. The van der Waals surface area contributed by atoms with E-state index in [4.69, 9.17) is 14.2 Å². The molecule has 1 aliphatic rings. The third-order valence-corrected chi connectivity index (χ3v) is 3.92. The lowest BCUT2D eigenvalue weighted by atomic mass is 10.1. The van der Waals surface area contributed by atoms with E-state index in [2.05, 4.69) is 5.32 Å². The largest absolute Gasteiger partial charge is 0.496 e. The Labute approximate surface area is 131 Å². The number of benzene rings is 1. The summed E-state index contributed by atoms with van der Waals surface area (Å²) in [5, 5.41) is 3.06. The van der Waals surface area contributed by atoms with Crippen molar-refractivity contribution in [2.45, 2.75) is 44.6 Å². The first kappa shape index (κ1) is 16.5. The maximum absolute atomic E-state index is 12.0. The number of ether oxygens (including phenoxy) is 3. The van der Waals surface area contributed by atoms with Crippen molar-refractivity contribution in [2.75, 3.05) is 20.8 Å². The molecule has 0 aromatic heterocycles. The van der Waals surface area contributed by atoms with Gasteiger partial charge in [0.05, 0.1) is 14.2 Å². The summed E-state index contributed by atoms with van der Waals surface area (Å²) in [7, 11) is 3.16. The van der Waals surface area contributed by atoms with E-state index in [0.29, 0.717) is 23.3 Å². The van der Waals surface area contributed by atoms with Crippen molar-refractivity contribution in [1.82, 2.24) is 5.32 Å². The van der Waals surface area contributed by atoms with Gasteiger partial charge in [-0.05, 0) is 12.8 Å². The molecule has 1 amide bonds. The summed E-state index contributed by atoms with van der Waals surface area (Å²) >= 11 is 0. The Morgan fingerprint density at radius 3 is 2.09 bits per heavy atom. The highest BCUT2D eigenvalue weighted by Crippen LogP contribution is 2.27. The Morgan fingerprint density at radius 2 is 1.55 bits per heavy atom. The molecule has 1 aromatic rings. The first-order chi connectivity index (χ1) is 10.7. The average Bonchev–Trinajstić information content (AvgIpc) is 2.81. The summed E-state index contributed by atoms with van der Waals surface area (Å²) < 4.78 is 15.9. The first-order valence-corrected chi connectivity index (χ1v) is 7.86. The second-order valence-electron chi connectivity index (χ2n) is 5.59. The van der Waals surface area contributed by atoms with Gasteiger partial charge in [0.2, 0.25) is 0 Å². The van der Waals surface area contributed by atoms with Gasteiger partial charge in [-0.25, -0.2) is 0 Å². The predicted octanol–water partition coefficient (Wildman–Crippen LogP) is 2.92. The van der Waals surface area contributed by atoms with Crippen LogP contribution in [0.2, 0.25) is 0 Å². The second-order valence-corrected chi connectivity index (χ2v) is 5.59. The van der Waals surface area contributed by atoms with Gasteiger partial charge in [0, 0.05) is 24.2 Å². The summed E-state index contributed by atoms with van der Waals surface area (Å²) in [4.78, 5) is 12.0. The zero-order valence-electron chi connectivity index (χ0n) is 13.4. The van der Waals surface area contributed by atoms with Crippen molar-refractivity contribution in [2.24, 2.45) is 0 Å². The normalized spacial score (nSPS) is 15.7. The zero-order chi connectivity index (χ0) is 15.8. The third-order valence-electron chi connectivity index (χ3n) is 3.92. The third kappa shape index (κ3) is 5.13. The highest BCUT2D eigenvalue weighted by Gasteiger charge is 2.15. The molecule has 0 saturated heterocycles. The fraction of sp³-hybridized carbons (Fsp3) is 0.588. The highest BCUT2D eigenvalue weighted by atomic mass is 16.5. The molecule has 5 nitrogen and oxygen atoms in total. The molecule has 5 heteroatoms. The van der Waals surface area contributed by atoms with E-state index in [1.807, 2.05) is 0 Å². The summed E-state index contributed by atoms with van der Waals surface area (Å²) in [6.45, 7) is 0.00677. The number of methoxy groups -OCH3 is 2. The van der Waals surface area contributed by atoms with Crippen LogP contribution in [0.3, 0.4) is 0 Å². The molecule has 2 rings (SSSR count). The minimum absolute atomic E-state index is 0.00677. The molecule has 0 unspecified atom stereocenters. The van der Waals surface area contributed by atoms with Crippen LogP contribution in [0.4, 0.5) is 0 Å². The summed E-state index contributed by atoms with van der Waals surface area (Å²) in [5.74, 6) is 1.76. The molecule has 0 radical (unpaired) electrons. The summed E-state index contributed by atoms with van der Waals surface area (Å²) in [5.41, 5.74) is 0. The molecule has 22 heavy (non-hydrogen) atoms. The maximum atomic E-state index is 12.0. The van der Waals surface area contributed by atoms with E-state index in [1.165, 1.54) is 25.7 Å². The molecule has 0 spiro atoms. The van der Waals surface area contributed by atoms with Crippen molar-refractivity contribution in [3.8, 4) is 17.2 Å². The molecular formula is C17H25NO4. The van der Waals surface area contributed by atoms with Gasteiger partial charge in [-0.3, -0.25) is 4.79 Å². The minimum atomic E-state index is -0.0753. The fourth-order valence-corrected chi connectivity index (χ4v) is 2.71. The number of amides is 1. The van der Waals surface area contributed by atoms with Gasteiger partial charge in [-0.15, -0.1) is 0 Å². The second kappa shape index (κ2) is 8.51. The Bertz CT molecular complexity index is 459. The number of hydrogen-bond donors (Lipinski definition) is 1. The monoisotopic (exact) mass is 307 g/mol. The molecule has 1 aromatic carbocycles. The summed E-state index contributed by atoms with van der Waals surface area (Å²) in [6.07, 6.45) is 7.06. The quantitative estimate of drug-likeness (QED) is 0.821. The SMILES string of the molecule is COc1cc(OC)cc(OCC(=O)NC2CCCCCC2)c1. The molecule has 0 bridgehead atoms. The molecule has 0 atom stereocenters. The number of carbonyl (C=O) groups is 1. The number of nitrogens with one attached hydrogen (secondary N) is 1. The van der Waals surface area contributed by atoms with E-state index in [0.717, 1.165) is 12.8 Å². The molecule has 0 aliphatic heterocycles. The van der Waals surface area contributed by atoms with Gasteiger partial charge >= 0.3 is 0 Å². The van der Waals surface area contributed by atoms with Gasteiger partial charge in [0.25, 0.3) is 5.91 Å². The molecule has 1 saturated carbocycles. The molecule has 1 aliphatic carbocycles. The zero-order valence-corrected chi connectivity index (χ0v) is 13.4. The van der Waals surface area contributed by atoms with E-state index >= 15 is 0 Å². The van der Waals surface area contributed by atoms with Crippen LogP contribution < -0.4 is 19.5 Å².